The summed E-state index contributed by atoms with van der Waals surface area (Å²) >= 11 is 1.84. The van der Waals surface area contributed by atoms with Crippen molar-refractivity contribution in [2.24, 2.45) is 0 Å². The fraction of sp³-hybridized carbons (Fsp3) is 0.500. The highest BCUT2D eigenvalue weighted by Gasteiger charge is 2.29. The van der Waals surface area contributed by atoms with Gasteiger partial charge in [-0.1, -0.05) is 30.3 Å². The van der Waals surface area contributed by atoms with E-state index in [1.54, 1.807) is 0 Å². The van der Waals surface area contributed by atoms with Crippen molar-refractivity contribution >= 4 is 17.9 Å². The SMILES string of the molecule is O=C(NCC1(O)CCSCC1)OCc1ccccc1. The summed E-state index contributed by atoms with van der Waals surface area (Å²) in [5, 5.41) is 12.9. The van der Waals surface area contributed by atoms with Crippen molar-refractivity contribution in [3.05, 3.63) is 35.9 Å². The molecular formula is C14H19NO3S. The number of rotatable bonds is 4. The molecule has 0 atom stereocenters. The van der Waals surface area contributed by atoms with Gasteiger partial charge in [-0.15, -0.1) is 0 Å². The van der Waals surface area contributed by atoms with E-state index in [0.717, 1.165) is 29.9 Å². The van der Waals surface area contributed by atoms with Gasteiger partial charge >= 0.3 is 6.09 Å². The largest absolute Gasteiger partial charge is 0.445 e. The first-order chi connectivity index (χ1) is 9.18. The van der Waals surface area contributed by atoms with E-state index in [2.05, 4.69) is 5.32 Å². The Hall–Kier alpha value is -1.20. The highest BCUT2D eigenvalue weighted by atomic mass is 32.2. The van der Waals surface area contributed by atoms with Gasteiger partial charge in [0.25, 0.3) is 0 Å². The second-order valence-corrected chi connectivity index (χ2v) is 5.98. The van der Waals surface area contributed by atoms with Crippen LogP contribution >= 0.6 is 11.8 Å². The molecule has 1 aliphatic rings. The molecule has 0 aromatic heterocycles. The second-order valence-electron chi connectivity index (χ2n) is 4.75. The Bertz CT molecular complexity index is 404. The fourth-order valence-electron chi connectivity index (χ4n) is 1.94. The Labute approximate surface area is 117 Å². The molecule has 1 heterocycles. The highest BCUT2D eigenvalue weighted by Crippen LogP contribution is 2.26. The van der Waals surface area contributed by atoms with Crippen LogP contribution in [0.15, 0.2) is 30.3 Å². The quantitative estimate of drug-likeness (QED) is 0.888. The zero-order valence-electron chi connectivity index (χ0n) is 10.8. The first-order valence-corrected chi connectivity index (χ1v) is 7.58. The lowest BCUT2D eigenvalue weighted by molar-refractivity contribution is 0.0302. The molecule has 2 rings (SSSR count). The smallest absolute Gasteiger partial charge is 0.407 e. The molecule has 0 radical (unpaired) electrons. The molecule has 104 valence electrons. The standard InChI is InChI=1S/C14H19NO3S/c16-13(18-10-12-4-2-1-3-5-12)15-11-14(17)6-8-19-9-7-14/h1-5,17H,6-11H2,(H,15,16). The predicted molar refractivity (Wildman–Crippen MR) is 76.1 cm³/mol. The number of carbonyl (C=O) groups excluding carboxylic acids is 1. The summed E-state index contributed by atoms with van der Waals surface area (Å²) in [6.07, 6.45) is 0.961. The highest BCUT2D eigenvalue weighted by molar-refractivity contribution is 7.99. The first kappa shape index (κ1) is 14.2. The van der Waals surface area contributed by atoms with E-state index in [9.17, 15) is 9.90 Å². The number of carbonyl (C=O) groups is 1. The van der Waals surface area contributed by atoms with Crippen molar-refractivity contribution < 1.29 is 14.6 Å². The van der Waals surface area contributed by atoms with E-state index in [4.69, 9.17) is 4.74 Å². The maximum absolute atomic E-state index is 11.6. The van der Waals surface area contributed by atoms with Crippen LogP contribution < -0.4 is 5.32 Å². The normalized spacial score (nSPS) is 17.7. The van der Waals surface area contributed by atoms with Crippen molar-refractivity contribution in [2.75, 3.05) is 18.1 Å². The van der Waals surface area contributed by atoms with E-state index in [1.165, 1.54) is 0 Å². The molecule has 0 bridgehead atoms. The average Bonchev–Trinajstić information content (AvgIpc) is 2.45. The molecule has 1 saturated heterocycles. The number of thioether (sulfide) groups is 1. The van der Waals surface area contributed by atoms with Crippen LogP contribution in [0.5, 0.6) is 0 Å². The molecular weight excluding hydrogens is 262 g/mol. The number of benzene rings is 1. The van der Waals surface area contributed by atoms with Gasteiger partial charge in [-0.05, 0) is 29.9 Å². The molecule has 1 aliphatic heterocycles. The Morgan fingerprint density at radius 2 is 2.00 bits per heavy atom. The van der Waals surface area contributed by atoms with Crippen LogP contribution in [0.1, 0.15) is 18.4 Å². The van der Waals surface area contributed by atoms with E-state index in [0.29, 0.717) is 0 Å². The van der Waals surface area contributed by atoms with Gasteiger partial charge < -0.3 is 15.2 Å². The molecule has 4 nitrogen and oxygen atoms in total. The maximum atomic E-state index is 11.6. The molecule has 5 heteroatoms. The van der Waals surface area contributed by atoms with Gasteiger partial charge in [0.1, 0.15) is 6.61 Å². The number of aliphatic hydroxyl groups is 1. The lowest BCUT2D eigenvalue weighted by atomic mass is 9.97. The van der Waals surface area contributed by atoms with Crippen molar-refractivity contribution in [1.82, 2.24) is 5.32 Å². The lowest BCUT2D eigenvalue weighted by Gasteiger charge is -2.31. The summed E-state index contributed by atoms with van der Waals surface area (Å²) < 4.78 is 5.10. The van der Waals surface area contributed by atoms with Crippen molar-refractivity contribution in [3.63, 3.8) is 0 Å². The number of ether oxygens (including phenoxy) is 1. The van der Waals surface area contributed by atoms with Gasteiger partial charge in [-0.2, -0.15) is 11.8 Å². The molecule has 1 aromatic carbocycles. The lowest BCUT2D eigenvalue weighted by Crippen LogP contribution is -2.45. The third-order valence-electron chi connectivity index (χ3n) is 3.20. The zero-order chi connectivity index (χ0) is 13.6. The Balaban J connectivity index is 1.70. The summed E-state index contributed by atoms with van der Waals surface area (Å²) in [7, 11) is 0. The van der Waals surface area contributed by atoms with E-state index < -0.39 is 11.7 Å². The first-order valence-electron chi connectivity index (χ1n) is 6.43. The summed E-state index contributed by atoms with van der Waals surface area (Å²) in [5.74, 6) is 1.88. The second kappa shape index (κ2) is 6.82. The van der Waals surface area contributed by atoms with Crippen molar-refractivity contribution in [3.8, 4) is 0 Å². The number of amides is 1. The molecule has 1 fully saturated rings. The predicted octanol–water partition coefficient (Wildman–Crippen LogP) is 2.17. The number of alkyl carbamates (subject to hydrolysis) is 1. The van der Waals surface area contributed by atoms with Crippen molar-refractivity contribution in [1.29, 1.82) is 0 Å². The van der Waals surface area contributed by atoms with Gasteiger partial charge in [0.2, 0.25) is 0 Å². The minimum atomic E-state index is -0.767. The summed E-state index contributed by atoms with van der Waals surface area (Å²) in [6.45, 7) is 0.516. The van der Waals surface area contributed by atoms with Crippen LogP contribution in [-0.2, 0) is 11.3 Å². The summed E-state index contributed by atoms with van der Waals surface area (Å²) in [5.41, 5.74) is 0.183. The third-order valence-corrected chi connectivity index (χ3v) is 4.18. The van der Waals surface area contributed by atoms with Gasteiger partial charge in [-0.3, -0.25) is 0 Å². The minimum absolute atomic E-state index is 0.251. The number of nitrogens with one attached hydrogen (secondary N) is 1. The van der Waals surface area contributed by atoms with Gasteiger partial charge in [0.15, 0.2) is 0 Å². The van der Waals surface area contributed by atoms with Gasteiger partial charge in [0, 0.05) is 6.54 Å². The topological polar surface area (TPSA) is 58.6 Å². The Morgan fingerprint density at radius 1 is 1.32 bits per heavy atom. The molecule has 0 saturated carbocycles. The maximum Gasteiger partial charge on any atom is 0.407 e. The molecule has 2 N–H and O–H groups in total. The van der Waals surface area contributed by atoms with Crippen LogP contribution in [-0.4, -0.2) is 34.9 Å². The van der Waals surface area contributed by atoms with E-state index in [-0.39, 0.29) is 13.2 Å². The minimum Gasteiger partial charge on any atom is -0.445 e. The third kappa shape index (κ3) is 4.76. The molecule has 0 unspecified atom stereocenters. The monoisotopic (exact) mass is 281 g/mol. The number of hydrogen-bond donors (Lipinski definition) is 2. The van der Waals surface area contributed by atoms with E-state index >= 15 is 0 Å². The van der Waals surface area contributed by atoms with Gasteiger partial charge in [0.05, 0.1) is 5.60 Å². The van der Waals surface area contributed by atoms with Crippen LogP contribution in [0.4, 0.5) is 4.79 Å². The van der Waals surface area contributed by atoms with Crippen molar-refractivity contribution in [2.45, 2.75) is 25.0 Å². The Kier molecular flexibility index (Phi) is 5.10. The fourth-order valence-corrected chi connectivity index (χ4v) is 3.19. The summed E-state index contributed by atoms with van der Waals surface area (Å²) in [4.78, 5) is 11.6. The molecule has 1 amide bonds. The molecule has 1 aromatic rings. The molecule has 0 spiro atoms. The van der Waals surface area contributed by atoms with E-state index in [1.807, 2.05) is 42.1 Å². The van der Waals surface area contributed by atoms with Crippen LogP contribution in [0, 0.1) is 0 Å². The average molecular weight is 281 g/mol. The zero-order valence-corrected chi connectivity index (χ0v) is 11.6. The summed E-state index contributed by atoms with van der Waals surface area (Å²) in [6, 6.07) is 9.52. The number of hydrogen-bond acceptors (Lipinski definition) is 4. The molecule has 19 heavy (non-hydrogen) atoms. The molecule has 0 aliphatic carbocycles. The van der Waals surface area contributed by atoms with Crippen LogP contribution in [0.3, 0.4) is 0 Å². The van der Waals surface area contributed by atoms with Crippen LogP contribution in [0.25, 0.3) is 0 Å². The Morgan fingerprint density at radius 3 is 2.68 bits per heavy atom. The van der Waals surface area contributed by atoms with Crippen LogP contribution in [0.2, 0.25) is 0 Å². The van der Waals surface area contributed by atoms with Gasteiger partial charge in [-0.25, -0.2) is 4.79 Å².